The van der Waals surface area contributed by atoms with Crippen LogP contribution < -0.4 is 10.5 Å². The maximum absolute atomic E-state index is 5.41. The second-order valence-corrected chi connectivity index (χ2v) is 3.13. The first-order valence-electron chi connectivity index (χ1n) is 4.56. The molecule has 0 bridgehead atoms. The summed E-state index contributed by atoms with van der Waals surface area (Å²) in [6.07, 6.45) is 1.82. The molecule has 0 atom stereocenters. The highest BCUT2D eigenvalue weighted by Gasteiger charge is 2.00. The van der Waals surface area contributed by atoms with Gasteiger partial charge in [-0.1, -0.05) is 0 Å². The van der Waals surface area contributed by atoms with Gasteiger partial charge in [0.2, 0.25) is 0 Å². The van der Waals surface area contributed by atoms with Crippen LogP contribution in [0, 0.1) is 0 Å². The standard InChI is InChI=1S/C10H13N3O/c1-13-10-3-2-9(14-5-4-11)6-8(10)7-12-13/h2-3,6-7H,4-5,11H2,1H3. The molecule has 4 nitrogen and oxygen atoms in total. The van der Waals surface area contributed by atoms with Crippen LogP contribution in [0.3, 0.4) is 0 Å². The third-order valence-corrected chi connectivity index (χ3v) is 2.10. The van der Waals surface area contributed by atoms with Crippen molar-refractivity contribution in [1.82, 2.24) is 9.78 Å². The van der Waals surface area contributed by atoms with Crippen molar-refractivity contribution >= 4 is 10.9 Å². The summed E-state index contributed by atoms with van der Waals surface area (Å²) in [6.45, 7) is 1.08. The normalized spacial score (nSPS) is 10.7. The van der Waals surface area contributed by atoms with E-state index in [0.29, 0.717) is 13.2 Å². The molecule has 0 saturated carbocycles. The molecule has 0 unspecified atom stereocenters. The van der Waals surface area contributed by atoms with Crippen LogP contribution in [0.25, 0.3) is 10.9 Å². The van der Waals surface area contributed by atoms with E-state index in [1.807, 2.05) is 36.1 Å². The Kier molecular flexibility index (Phi) is 2.37. The number of hydrogen-bond donors (Lipinski definition) is 1. The van der Waals surface area contributed by atoms with E-state index in [9.17, 15) is 0 Å². The van der Waals surface area contributed by atoms with E-state index in [4.69, 9.17) is 10.5 Å². The SMILES string of the molecule is Cn1ncc2cc(OCCN)ccc21. The average molecular weight is 191 g/mol. The predicted octanol–water partition coefficient (Wildman–Crippen LogP) is 0.911. The van der Waals surface area contributed by atoms with Crippen molar-refractivity contribution in [1.29, 1.82) is 0 Å². The molecule has 2 aromatic rings. The zero-order valence-corrected chi connectivity index (χ0v) is 8.10. The van der Waals surface area contributed by atoms with Crippen molar-refractivity contribution in [3.8, 4) is 5.75 Å². The molecule has 1 heterocycles. The van der Waals surface area contributed by atoms with Gasteiger partial charge in [0.05, 0.1) is 11.7 Å². The zero-order valence-electron chi connectivity index (χ0n) is 8.10. The smallest absolute Gasteiger partial charge is 0.120 e. The Morgan fingerprint density at radius 2 is 2.36 bits per heavy atom. The molecule has 1 aromatic heterocycles. The van der Waals surface area contributed by atoms with Gasteiger partial charge < -0.3 is 10.5 Å². The van der Waals surface area contributed by atoms with Crippen LogP contribution in [-0.2, 0) is 7.05 Å². The topological polar surface area (TPSA) is 53.1 Å². The summed E-state index contributed by atoms with van der Waals surface area (Å²) in [4.78, 5) is 0. The number of aryl methyl sites for hydroxylation is 1. The molecule has 0 fully saturated rings. The van der Waals surface area contributed by atoms with Gasteiger partial charge in [0.1, 0.15) is 12.4 Å². The fraction of sp³-hybridized carbons (Fsp3) is 0.300. The third-order valence-electron chi connectivity index (χ3n) is 2.10. The van der Waals surface area contributed by atoms with E-state index in [1.54, 1.807) is 0 Å². The number of fused-ring (bicyclic) bond motifs is 1. The number of nitrogens with zero attached hydrogens (tertiary/aromatic N) is 2. The summed E-state index contributed by atoms with van der Waals surface area (Å²) in [5, 5.41) is 5.24. The molecule has 1 aromatic carbocycles. The lowest BCUT2D eigenvalue weighted by atomic mass is 10.2. The second kappa shape index (κ2) is 3.67. The van der Waals surface area contributed by atoms with E-state index in [2.05, 4.69) is 5.10 Å². The second-order valence-electron chi connectivity index (χ2n) is 3.13. The Hall–Kier alpha value is -1.55. The number of nitrogens with two attached hydrogens (primary N) is 1. The van der Waals surface area contributed by atoms with Crippen LogP contribution >= 0.6 is 0 Å². The molecule has 0 saturated heterocycles. The molecule has 0 spiro atoms. The Morgan fingerprint density at radius 1 is 1.50 bits per heavy atom. The maximum Gasteiger partial charge on any atom is 0.120 e. The van der Waals surface area contributed by atoms with Gasteiger partial charge in [-0.05, 0) is 18.2 Å². The first kappa shape index (κ1) is 9.02. The zero-order chi connectivity index (χ0) is 9.97. The predicted molar refractivity (Wildman–Crippen MR) is 55.3 cm³/mol. The van der Waals surface area contributed by atoms with Gasteiger partial charge in [0.25, 0.3) is 0 Å². The van der Waals surface area contributed by atoms with Crippen LogP contribution in [-0.4, -0.2) is 22.9 Å². The molecule has 0 aliphatic heterocycles. The van der Waals surface area contributed by atoms with Gasteiger partial charge in [-0.15, -0.1) is 0 Å². The van der Waals surface area contributed by atoms with Gasteiger partial charge in [0, 0.05) is 19.0 Å². The Balaban J connectivity index is 2.32. The van der Waals surface area contributed by atoms with Crippen LogP contribution in [0.5, 0.6) is 5.75 Å². The fourth-order valence-corrected chi connectivity index (χ4v) is 1.41. The minimum Gasteiger partial charge on any atom is -0.492 e. The quantitative estimate of drug-likeness (QED) is 0.784. The summed E-state index contributed by atoms with van der Waals surface area (Å²) in [7, 11) is 1.92. The lowest BCUT2D eigenvalue weighted by molar-refractivity contribution is 0.329. The molecule has 4 heteroatoms. The van der Waals surface area contributed by atoms with Gasteiger partial charge >= 0.3 is 0 Å². The van der Waals surface area contributed by atoms with Gasteiger partial charge in [-0.2, -0.15) is 5.10 Å². The number of benzene rings is 1. The minimum absolute atomic E-state index is 0.533. The number of aromatic nitrogens is 2. The van der Waals surface area contributed by atoms with Gasteiger partial charge in [-0.25, -0.2) is 0 Å². The lowest BCUT2D eigenvalue weighted by Crippen LogP contribution is -2.10. The Morgan fingerprint density at radius 3 is 3.14 bits per heavy atom. The Bertz CT molecular complexity index is 436. The van der Waals surface area contributed by atoms with E-state index in [0.717, 1.165) is 16.7 Å². The highest BCUT2D eigenvalue weighted by molar-refractivity contribution is 5.80. The van der Waals surface area contributed by atoms with E-state index >= 15 is 0 Å². The van der Waals surface area contributed by atoms with Gasteiger partial charge in [-0.3, -0.25) is 4.68 Å². The highest BCUT2D eigenvalue weighted by atomic mass is 16.5. The monoisotopic (exact) mass is 191 g/mol. The van der Waals surface area contributed by atoms with Gasteiger partial charge in [0.15, 0.2) is 0 Å². The molecule has 0 amide bonds. The summed E-state index contributed by atoms with van der Waals surface area (Å²) in [5.74, 6) is 0.843. The van der Waals surface area contributed by atoms with Crippen LogP contribution in [0.15, 0.2) is 24.4 Å². The number of ether oxygens (including phenoxy) is 1. The summed E-state index contributed by atoms with van der Waals surface area (Å²) < 4.78 is 7.25. The highest BCUT2D eigenvalue weighted by Crippen LogP contribution is 2.19. The van der Waals surface area contributed by atoms with Crippen LogP contribution in [0.4, 0.5) is 0 Å². The summed E-state index contributed by atoms with van der Waals surface area (Å²) in [6, 6.07) is 5.89. The third kappa shape index (κ3) is 1.56. The minimum atomic E-state index is 0.533. The van der Waals surface area contributed by atoms with Crippen molar-refractivity contribution in [3.63, 3.8) is 0 Å². The maximum atomic E-state index is 5.41. The van der Waals surface area contributed by atoms with E-state index in [1.165, 1.54) is 0 Å². The molecule has 0 aliphatic rings. The van der Waals surface area contributed by atoms with Crippen molar-refractivity contribution < 1.29 is 4.74 Å². The van der Waals surface area contributed by atoms with Crippen molar-refractivity contribution in [3.05, 3.63) is 24.4 Å². The molecular weight excluding hydrogens is 178 g/mol. The molecule has 74 valence electrons. The van der Waals surface area contributed by atoms with E-state index < -0.39 is 0 Å². The van der Waals surface area contributed by atoms with E-state index in [-0.39, 0.29) is 0 Å². The average Bonchev–Trinajstić information content (AvgIpc) is 2.57. The van der Waals surface area contributed by atoms with Crippen molar-refractivity contribution in [2.75, 3.05) is 13.2 Å². The first-order valence-corrected chi connectivity index (χ1v) is 4.56. The largest absolute Gasteiger partial charge is 0.492 e. The molecule has 14 heavy (non-hydrogen) atoms. The molecule has 0 radical (unpaired) electrons. The number of rotatable bonds is 3. The Labute approximate surface area is 82.3 Å². The molecular formula is C10H13N3O. The molecule has 2 rings (SSSR count). The van der Waals surface area contributed by atoms with Crippen LogP contribution in [0.2, 0.25) is 0 Å². The fourth-order valence-electron chi connectivity index (χ4n) is 1.41. The lowest BCUT2D eigenvalue weighted by Gasteiger charge is -2.03. The molecule has 0 aliphatic carbocycles. The summed E-state index contributed by atoms with van der Waals surface area (Å²) in [5.41, 5.74) is 6.45. The number of hydrogen-bond acceptors (Lipinski definition) is 3. The van der Waals surface area contributed by atoms with Crippen molar-refractivity contribution in [2.45, 2.75) is 0 Å². The summed E-state index contributed by atoms with van der Waals surface area (Å²) >= 11 is 0. The van der Waals surface area contributed by atoms with Crippen molar-refractivity contribution in [2.24, 2.45) is 12.8 Å². The molecule has 2 N–H and O–H groups in total. The van der Waals surface area contributed by atoms with Crippen LogP contribution in [0.1, 0.15) is 0 Å². The first-order chi connectivity index (χ1) is 6.81.